The van der Waals surface area contributed by atoms with E-state index >= 15 is 0 Å². The van der Waals surface area contributed by atoms with E-state index in [1.807, 2.05) is 10.6 Å². The van der Waals surface area contributed by atoms with Gasteiger partial charge in [0.1, 0.15) is 24.6 Å². The Labute approximate surface area is 199 Å². The van der Waals surface area contributed by atoms with E-state index in [1.165, 1.54) is 4.57 Å². The first-order valence-corrected chi connectivity index (χ1v) is 11.4. The van der Waals surface area contributed by atoms with Gasteiger partial charge in [0.2, 0.25) is 0 Å². The van der Waals surface area contributed by atoms with Crippen LogP contribution in [-0.2, 0) is 6.54 Å². The number of hydrogen-bond donors (Lipinski definition) is 5. The molecular weight excluding hydrogens is 461 g/mol. The molecule has 1 aliphatic rings. The number of phenolic OH excluding ortho intramolecular Hbond substituents is 3. The average Bonchev–Trinajstić information content (AvgIpc) is 3.32. The first-order chi connectivity index (χ1) is 16.3. The summed E-state index contributed by atoms with van der Waals surface area (Å²) in [6, 6.07) is 5.48. The standard InChI is InChI=1S/C22H23BClN5O5/c23-15-18(30)16-17(20(32)19(15)31)28(21(33)26-16)7-1-6-27-8-4-12(5-9-27)29-14-3-2-11(24)10-13(14)25-22(29)34/h2-3,10,12,30-32H,1,4-9H2,(H,25,34)(H,26,33). The Morgan fingerprint density at radius 3 is 2.47 bits per heavy atom. The molecule has 0 bridgehead atoms. The summed E-state index contributed by atoms with van der Waals surface area (Å²) < 4.78 is 3.09. The van der Waals surface area contributed by atoms with Crippen molar-refractivity contribution in [1.29, 1.82) is 0 Å². The molecule has 5 N–H and O–H groups in total. The van der Waals surface area contributed by atoms with Crippen LogP contribution in [0.25, 0.3) is 22.1 Å². The number of aromatic nitrogens is 4. The highest BCUT2D eigenvalue weighted by Gasteiger charge is 2.24. The smallest absolute Gasteiger partial charge is 0.326 e. The topological polar surface area (TPSA) is 140 Å². The fourth-order valence-corrected chi connectivity index (χ4v) is 5.08. The minimum Gasteiger partial charge on any atom is -0.506 e. The van der Waals surface area contributed by atoms with Crippen LogP contribution in [0.2, 0.25) is 5.02 Å². The molecule has 2 radical (unpaired) electrons. The lowest BCUT2D eigenvalue weighted by Gasteiger charge is -2.32. The Morgan fingerprint density at radius 2 is 1.74 bits per heavy atom. The molecule has 0 amide bonds. The number of imidazole rings is 2. The first kappa shape index (κ1) is 22.5. The third-order valence-corrected chi connectivity index (χ3v) is 6.87. The lowest BCUT2D eigenvalue weighted by atomic mass is 9.92. The summed E-state index contributed by atoms with van der Waals surface area (Å²) in [7, 11) is 5.57. The second-order valence-corrected chi connectivity index (χ2v) is 9.09. The maximum absolute atomic E-state index is 12.5. The highest BCUT2D eigenvalue weighted by atomic mass is 35.5. The normalized spacial score (nSPS) is 15.6. The molecule has 5 rings (SSSR count). The number of H-pyrrole nitrogens is 2. The molecule has 3 heterocycles. The van der Waals surface area contributed by atoms with Crippen LogP contribution in [-0.4, -0.2) is 66.8 Å². The van der Waals surface area contributed by atoms with Gasteiger partial charge in [-0.1, -0.05) is 11.6 Å². The molecule has 0 atom stereocenters. The van der Waals surface area contributed by atoms with Gasteiger partial charge in [0.05, 0.1) is 11.0 Å². The highest BCUT2D eigenvalue weighted by Crippen LogP contribution is 2.35. The van der Waals surface area contributed by atoms with Gasteiger partial charge in [0, 0.05) is 30.7 Å². The van der Waals surface area contributed by atoms with Gasteiger partial charge in [0.15, 0.2) is 11.5 Å². The molecule has 0 aliphatic carbocycles. The Balaban J connectivity index is 1.25. The zero-order chi connectivity index (χ0) is 24.1. The molecular formula is C22H23BClN5O5. The fraction of sp³-hybridized carbons (Fsp3) is 0.364. The Hall–Kier alpha value is -3.31. The fourth-order valence-electron chi connectivity index (χ4n) is 4.91. The summed E-state index contributed by atoms with van der Waals surface area (Å²) in [6.07, 6.45) is 2.23. The number of nitrogens with one attached hydrogen (secondary N) is 2. The van der Waals surface area contributed by atoms with Gasteiger partial charge in [-0.2, -0.15) is 0 Å². The number of fused-ring (bicyclic) bond motifs is 2. The van der Waals surface area contributed by atoms with Crippen LogP contribution in [0.15, 0.2) is 27.8 Å². The van der Waals surface area contributed by atoms with Gasteiger partial charge in [-0.25, -0.2) is 9.59 Å². The second kappa shape index (κ2) is 8.48. The first-order valence-electron chi connectivity index (χ1n) is 11.0. The number of aryl methyl sites for hydroxylation is 1. The molecule has 0 saturated carbocycles. The number of likely N-dealkylation sites (tertiary alicyclic amines) is 1. The molecule has 12 heteroatoms. The number of piperidine rings is 1. The zero-order valence-corrected chi connectivity index (χ0v) is 19.0. The predicted octanol–water partition coefficient (Wildman–Crippen LogP) is 1.26. The second-order valence-electron chi connectivity index (χ2n) is 8.65. The molecule has 1 saturated heterocycles. The van der Waals surface area contributed by atoms with Gasteiger partial charge in [-0.3, -0.25) is 9.13 Å². The maximum atomic E-state index is 12.5. The molecule has 34 heavy (non-hydrogen) atoms. The van der Waals surface area contributed by atoms with Crippen molar-refractivity contribution in [1.82, 2.24) is 24.0 Å². The third kappa shape index (κ3) is 3.65. The van der Waals surface area contributed by atoms with Crippen molar-refractivity contribution >= 4 is 47.0 Å². The number of hydrogen-bond acceptors (Lipinski definition) is 6. The maximum Gasteiger partial charge on any atom is 0.326 e. The van der Waals surface area contributed by atoms with Gasteiger partial charge in [0.25, 0.3) is 0 Å². The number of benzene rings is 2. The number of aromatic hydroxyl groups is 3. The Kier molecular flexibility index (Phi) is 5.61. The number of nitrogens with zero attached hydrogens (tertiary/aromatic N) is 3. The van der Waals surface area contributed by atoms with E-state index in [2.05, 4.69) is 14.9 Å². The van der Waals surface area contributed by atoms with E-state index in [-0.39, 0.29) is 29.3 Å². The Bertz CT molecular complexity index is 1510. The monoisotopic (exact) mass is 483 g/mol. The van der Waals surface area contributed by atoms with Crippen LogP contribution in [0, 0.1) is 0 Å². The van der Waals surface area contributed by atoms with Gasteiger partial charge in [-0.15, -0.1) is 0 Å². The Morgan fingerprint density at radius 1 is 1.00 bits per heavy atom. The van der Waals surface area contributed by atoms with Crippen molar-refractivity contribution in [2.45, 2.75) is 31.8 Å². The minimum absolute atomic E-state index is 0.0101. The van der Waals surface area contributed by atoms with E-state index < -0.39 is 28.4 Å². The molecule has 2 aromatic heterocycles. The summed E-state index contributed by atoms with van der Waals surface area (Å²) in [6.45, 7) is 2.57. The molecule has 1 aliphatic heterocycles. The molecule has 4 aromatic rings. The molecule has 0 unspecified atom stereocenters. The van der Waals surface area contributed by atoms with Crippen LogP contribution in [0.5, 0.6) is 17.2 Å². The average molecular weight is 484 g/mol. The number of rotatable bonds is 5. The van der Waals surface area contributed by atoms with Crippen molar-refractivity contribution in [3.05, 3.63) is 44.2 Å². The highest BCUT2D eigenvalue weighted by molar-refractivity contribution is 6.38. The van der Waals surface area contributed by atoms with E-state index in [4.69, 9.17) is 19.4 Å². The van der Waals surface area contributed by atoms with Gasteiger partial charge < -0.3 is 30.2 Å². The molecule has 1 fully saturated rings. The van der Waals surface area contributed by atoms with Crippen molar-refractivity contribution in [3.63, 3.8) is 0 Å². The largest absolute Gasteiger partial charge is 0.506 e. The molecule has 2 aromatic carbocycles. The summed E-state index contributed by atoms with van der Waals surface area (Å²) in [5.74, 6) is -1.68. The zero-order valence-electron chi connectivity index (χ0n) is 18.2. The number of aromatic amines is 2. The van der Waals surface area contributed by atoms with Crippen LogP contribution in [0.4, 0.5) is 0 Å². The van der Waals surface area contributed by atoms with Crippen molar-refractivity contribution in [2.75, 3.05) is 19.6 Å². The van der Waals surface area contributed by atoms with E-state index in [0.717, 1.165) is 37.0 Å². The number of phenols is 3. The SMILES string of the molecule is [B]c1c(O)c(O)c2c([nH]c(=O)n2CCCN2CCC(n3c(=O)[nH]c4cc(Cl)ccc43)CC2)c1O. The minimum atomic E-state index is -0.658. The lowest BCUT2D eigenvalue weighted by Crippen LogP contribution is -2.37. The van der Waals surface area contributed by atoms with Gasteiger partial charge >= 0.3 is 11.4 Å². The third-order valence-electron chi connectivity index (χ3n) is 6.64. The quantitative estimate of drug-likeness (QED) is 0.164. The number of halogens is 1. The molecule has 176 valence electrons. The van der Waals surface area contributed by atoms with Crippen molar-refractivity contribution < 1.29 is 15.3 Å². The van der Waals surface area contributed by atoms with Crippen LogP contribution in [0.3, 0.4) is 0 Å². The van der Waals surface area contributed by atoms with E-state index in [0.29, 0.717) is 18.0 Å². The van der Waals surface area contributed by atoms with Crippen LogP contribution < -0.4 is 16.8 Å². The van der Waals surface area contributed by atoms with E-state index in [1.54, 1.807) is 12.1 Å². The van der Waals surface area contributed by atoms with Crippen LogP contribution >= 0.6 is 11.6 Å². The van der Waals surface area contributed by atoms with Gasteiger partial charge in [-0.05, 0) is 49.5 Å². The van der Waals surface area contributed by atoms with Crippen LogP contribution in [0.1, 0.15) is 25.3 Å². The summed E-state index contributed by atoms with van der Waals surface area (Å²) in [5, 5.41) is 30.9. The predicted molar refractivity (Wildman–Crippen MR) is 130 cm³/mol. The summed E-state index contributed by atoms with van der Waals surface area (Å²) >= 11 is 6.04. The summed E-state index contributed by atoms with van der Waals surface area (Å²) in [4.78, 5) is 32.5. The van der Waals surface area contributed by atoms with Crippen molar-refractivity contribution in [2.24, 2.45) is 0 Å². The summed E-state index contributed by atoms with van der Waals surface area (Å²) in [5.41, 5.74) is 0.545. The van der Waals surface area contributed by atoms with E-state index in [9.17, 15) is 24.9 Å². The molecule has 10 nitrogen and oxygen atoms in total. The van der Waals surface area contributed by atoms with Crippen molar-refractivity contribution in [3.8, 4) is 17.2 Å². The lowest BCUT2D eigenvalue weighted by molar-refractivity contribution is 0.183. The molecule has 0 spiro atoms.